The number of nitrogens with zero attached hydrogens (tertiary/aromatic N) is 3. The third-order valence-electron chi connectivity index (χ3n) is 3.74. The first kappa shape index (κ1) is 12.7. The molecule has 0 radical (unpaired) electrons. The molecular weight excluding hydrogens is 256 g/mol. The van der Waals surface area contributed by atoms with Crippen LogP contribution in [-0.4, -0.2) is 21.3 Å². The molecule has 2 unspecified atom stereocenters. The molecule has 0 aliphatic carbocycles. The van der Waals surface area contributed by atoms with Crippen molar-refractivity contribution in [3.63, 3.8) is 0 Å². The van der Waals surface area contributed by atoms with Crippen molar-refractivity contribution in [1.29, 1.82) is 0 Å². The van der Waals surface area contributed by atoms with Crippen molar-refractivity contribution >= 4 is 17.2 Å². The van der Waals surface area contributed by atoms with Crippen LogP contribution in [0.1, 0.15) is 55.8 Å². The van der Waals surface area contributed by atoms with Crippen LogP contribution in [0.3, 0.4) is 0 Å². The predicted molar refractivity (Wildman–Crippen MR) is 78.9 cm³/mol. The molecule has 0 saturated carbocycles. The van der Waals surface area contributed by atoms with Crippen LogP contribution in [0.25, 0.3) is 0 Å². The summed E-state index contributed by atoms with van der Waals surface area (Å²) >= 11 is 1.72. The van der Waals surface area contributed by atoms with Crippen LogP contribution < -0.4 is 5.32 Å². The Hall–Kier alpha value is -1.36. The molecule has 19 heavy (non-hydrogen) atoms. The van der Waals surface area contributed by atoms with Crippen LogP contribution >= 0.6 is 11.3 Å². The zero-order valence-electron chi connectivity index (χ0n) is 11.5. The molecule has 0 aromatic carbocycles. The lowest BCUT2D eigenvalue weighted by Crippen LogP contribution is -2.24. The van der Waals surface area contributed by atoms with E-state index in [1.807, 2.05) is 11.6 Å². The van der Waals surface area contributed by atoms with Gasteiger partial charge in [0.15, 0.2) is 0 Å². The van der Waals surface area contributed by atoms with Crippen molar-refractivity contribution in [3.8, 4) is 0 Å². The molecule has 2 aromatic rings. The van der Waals surface area contributed by atoms with Gasteiger partial charge in [-0.15, -0.1) is 11.3 Å². The number of hydrogen-bond donors (Lipinski definition) is 1. The first-order valence-corrected chi connectivity index (χ1v) is 7.90. The number of rotatable bonds is 4. The van der Waals surface area contributed by atoms with Crippen molar-refractivity contribution in [2.75, 3.05) is 11.9 Å². The quantitative estimate of drug-likeness (QED) is 0.927. The molecular formula is C14H20N4S. The average molecular weight is 276 g/mol. The Morgan fingerprint density at radius 2 is 2.47 bits per heavy atom. The molecule has 1 N–H and O–H groups in total. The van der Waals surface area contributed by atoms with E-state index >= 15 is 0 Å². The highest BCUT2D eigenvalue weighted by Gasteiger charge is 2.25. The van der Waals surface area contributed by atoms with Crippen LogP contribution in [0.5, 0.6) is 0 Å². The van der Waals surface area contributed by atoms with Crippen LogP contribution in [0.15, 0.2) is 17.6 Å². The third kappa shape index (κ3) is 2.39. The van der Waals surface area contributed by atoms with E-state index in [-0.39, 0.29) is 0 Å². The molecule has 5 heteroatoms. The highest BCUT2D eigenvalue weighted by molar-refractivity contribution is 7.09. The van der Waals surface area contributed by atoms with Crippen molar-refractivity contribution in [2.24, 2.45) is 0 Å². The summed E-state index contributed by atoms with van der Waals surface area (Å²) in [5.41, 5.74) is 1.20. The maximum atomic E-state index is 4.83. The molecule has 0 spiro atoms. The summed E-state index contributed by atoms with van der Waals surface area (Å²) in [5, 5.41) is 11.5. The zero-order valence-corrected chi connectivity index (χ0v) is 12.3. The van der Waals surface area contributed by atoms with Gasteiger partial charge in [0.25, 0.3) is 0 Å². The van der Waals surface area contributed by atoms with Gasteiger partial charge in [0.05, 0.1) is 5.69 Å². The Morgan fingerprint density at radius 1 is 1.58 bits per heavy atom. The van der Waals surface area contributed by atoms with Crippen LogP contribution in [-0.2, 0) is 0 Å². The molecule has 0 saturated heterocycles. The number of aromatic nitrogens is 3. The molecule has 0 amide bonds. The van der Waals surface area contributed by atoms with E-state index in [1.54, 1.807) is 11.3 Å². The second-order valence-corrected chi connectivity index (χ2v) is 6.12. The number of fused-ring (bicyclic) bond motifs is 1. The Bertz CT molecular complexity index is 532. The van der Waals surface area contributed by atoms with Gasteiger partial charge in [-0.2, -0.15) is 5.10 Å². The summed E-state index contributed by atoms with van der Waals surface area (Å²) in [5.74, 6) is 1.67. The molecule has 1 aliphatic rings. The normalized spacial score (nSPS) is 19.8. The number of thiazole rings is 1. The summed E-state index contributed by atoms with van der Waals surface area (Å²) < 4.78 is 2.13. The van der Waals surface area contributed by atoms with E-state index in [1.165, 1.54) is 23.5 Å². The van der Waals surface area contributed by atoms with Gasteiger partial charge < -0.3 is 5.32 Å². The summed E-state index contributed by atoms with van der Waals surface area (Å²) in [6.07, 6.45) is 5.33. The monoisotopic (exact) mass is 276 g/mol. The van der Waals surface area contributed by atoms with Gasteiger partial charge in [0, 0.05) is 30.1 Å². The van der Waals surface area contributed by atoms with Gasteiger partial charge in [-0.3, -0.25) is 0 Å². The number of anilines is 1. The van der Waals surface area contributed by atoms with Crippen LogP contribution in [0.2, 0.25) is 0 Å². The lowest BCUT2D eigenvalue weighted by molar-refractivity contribution is 0.471. The third-order valence-corrected chi connectivity index (χ3v) is 4.61. The van der Waals surface area contributed by atoms with E-state index in [2.05, 4.69) is 34.9 Å². The Morgan fingerprint density at radius 3 is 3.21 bits per heavy atom. The standard InChI is InChI=1S/C14H20N4S/c1-3-4-10(2)11-9-13-15-6-5-12(18(13)17-11)14-16-7-8-19-14/h7-10,12,15H,3-6H2,1-2H3. The fraction of sp³-hybridized carbons (Fsp3) is 0.571. The number of hydrogen-bond acceptors (Lipinski definition) is 4. The van der Waals surface area contributed by atoms with Gasteiger partial charge in [0.1, 0.15) is 16.9 Å². The summed E-state index contributed by atoms with van der Waals surface area (Å²) in [7, 11) is 0. The van der Waals surface area contributed by atoms with Crippen molar-refractivity contribution < 1.29 is 0 Å². The highest BCUT2D eigenvalue weighted by Crippen LogP contribution is 2.33. The maximum absolute atomic E-state index is 4.83. The van der Waals surface area contributed by atoms with E-state index in [0.717, 1.165) is 18.8 Å². The van der Waals surface area contributed by atoms with Crippen molar-refractivity contribution in [1.82, 2.24) is 14.8 Å². The topological polar surface area (TPSA) is 42.7 Å². The average Bonchev–Trinajstić information content (AvgIpc) is 3.07. The second-order valence-electron chi connectivity index (χ2n) is 5.19. The fourth-order valence-corrected chi connectivity index (χ4v) is 3.45. The Balaban J connectivity index is 1.92. The van der Waals surface area contributed by atoms with Gasteiger partial charge in [-0.05, 0) is 12.8 Å². The molecule has 4 nitrogen and oxygen atoms in total. The van der Waals surface area contributed by atoms with E-state index in [0.29, 0.717) is 12.0 Å². The van der Waals surface area contributed by atoms with Crippen molar-refractivity contribution in [2.45, 2.75) is 45.1 Å². The van der Waals surface area contributed by atoms with Gasteiger partial charge in [-0.25, -0.2) is 9.67 Å². The summed E-state index contributed by atoms with van der Waals surface area (Å²) in [6, 6.07) is 2.51. The molecule has 3 rings (SSSR count). The molecule has 102 valence electrons. The molecule has 2 aromatic heterocycles. The molecule has 0 fully saturated rings. The lowest BCUT2D eigenvalue weighted by atomic mass is 10.0. The molecule has 1 aliphatic heterocycles. The van der Waals surface area contributed by atoms with Gasteiger partial charge in [-0.1, -0.05) is 20.3 Å². The van der Waals surface area contributed by atoms with Crippen LogP contribution in [0.4, 0.5) is 5.82 Å². The molecule has 3 heterocycles. The van der Waals surface area contributed by atoms with Gasteiger partial charge in [0.2, 0.25) is 0 Å². The minimum Gasteiger partial charge on any atom is -0.370 e. The fourth-order valence-electron chi connectivity index (χ4n) is 2.69. The minimum atomic E-state index is 0.304. The SMILES string of the molecule is CCCC(C)c1cc2n(n1)C(c1nccs1)CCN2. The van der Waals surface area contributed by atoms with Crippen molar-refractivity contribution in [3.05, 3.63) is 28.3 Å². The highest BCUT2D eigenvalue weighted by atomic mass is 32.1. The first-order valence-electron chi connectivity index (χ1n) is 7.02. The van der Waals surface area contributed by atoms with E-state index in [4.69, 9.17) is 5.10 Å². The maximum Gasteiger partial charge on any atom is 0.125 e. The Labute approximate surface area is 117 Å². The zero-order chi connectivity index (χ0) is 13.2. The van der Waals surface area contributed by atoms with E-state index in [9.17, 15) is 0 Å². The number of nitrogens with one attached hydrogen (secondary N) is 1. The summed E-state index contributed by atoms with van der Waals surface area (Å²) in [4.78, 5) is 4.46. The first-order chi connectivity index (χ1) is 9.29. The lowest BCUT2D eigenvalue weighted by Gasteiger charge is -2.23. The van der Waals surface area contributed by atoms with Crippen LogP contribution in [0, 0.1) is 0 Å². The largest absolute Gasteiger partial charge is 0.370 e. The van der Waals surface area contributed by atoms with Gasteiger partial charge >= 0.3 is 0 Å². The molecule has 2 atom stereocenters. The smallest absolute Gasteiger partial charge is 0.125 e. The van der Waals surface area contributed by atoms with E-state index < -0.39 is 0 Å². The predicted octanol–water partition coefficient (Wildman–Crippen LogP) is 3.65. The Kier molecular flexibility index (Phi) is 3.55. The second kappa shape index (κ2) is 5.33. The molecule has 0 bridgehead atoms. The minimum absolute atomic E-state index is 0.304. The summed E-state index contributed by atoms with van der Waals surface area (Å²) in [6.45, 7) is 5.48.